The Hall–Kier alpha value is -2.05. The molecule has 2 rings (SSSR count). The maximum absolute atomic E-state index is 12.2. The largest absolute Gasteiger partial charge is 0.359 e. The van der Waals surface area contributed by atoms with Crippen molar-refractivity contribution in [2.24, 2.45) is 4.99 Å². The van der Waals surface area contributed by atoms with Crippen LogP contribution in [0.1, 0.15) is 63.3 Å². The van der Waals surface area contributed by atoms with Gasteiger partial charge in [-0.05, 0) is 32.1 Å². The monoisotopic (exact) mass is 349 g/mol. The normalized spacial score (nSPS) is 15.5. The van der Waals surface area contributed by atoms with Crippen LogP contribution in [0.4, 0.5) is 0 Å². The molecule has 0 spiro atoms. The van der Waals surface area contributed by atoms with E-state index >= 15 is 0 Å². The van der Waals surface area contributed by atoms with E-state index in [1.807, 2.05) is 11.0 Å². The van der Waals surface area contributed by atoms with E-state index in [2.05, 4.69) is 34.6 Å². The van der Waals surface area contributed by atoms with Gasteiger partial charge in [0.1, 0.15) is 0 Å². The predicted molar refractivity (Wildman–Crippen MR) is 98.5 cm³/mol. The summed E-state index contributed by atoms with van der Waals surface area (Å²) in [6.45, 7) is 6.80. The first kappa shape index (κ1) is 19.3. The molecule has 0 radical (unpaired) electrons. The molecule has 1 aromatic rings. The van der Waals surface area contributed by atoms with E-state index < -0.39 is 0 Å². The summed E-state index contributed by atoms with van der Waals surface area (Å²) in [6, 6.07) is 2.00. The van der Waals surface area contributed by atoms with E-state index in [0.29, 0.717) is 18.4 Å². The first-order valence-corrected chi connectivity index (χ1v) is 9.35. The van der Waals surface area contributed by atoms with Crippen LogP contribution in [0.15, 0.2) is 15.6 Å². The lowest BCUT2D eigenvalue weighted by Gasteiger charge is -2.27. The second-order valence-corrected chi connectivity index (χ2v) is 6.45. The molecule has 1 aliphatic heterocycles. The molecule has 0 atom stereocenters. The third-order valence-electron chi connectivity index (χ3n) is 4.75. The molecule has 1 fully saturated rings. The molecule has 140 valence electrons. The van der Waals surface area contributed by atoms with Crippen LogP contribution in [0.3, 0.4) is 0 Å². The van der Waals surface area contributed by atoms with Crippen LogP contribution in [0, 0.1) is 0 Å². The quantitative estimate of drug-likeness (QED) is 0.583. The van der Waals surface area contributed by atoms with Crippen molar-refractivity contribution in [3.05, 3.63) is 17.5 Å². The van der Waals surface area contributed by atoms with Crippen LogP contribution >= 0.6 is 0 Å². The number of nitrogens with one attached hydrogen (secondary N) is 2. The van der Waals surface area contributed by atoms with Crippen molar-refractivity contribution in [3.63, 3.8) is 0 Å². The molecular formula is C18H31N5O2. The smallest absolute Gasteiger partial charge is 0.241 e. The molecule has 2 N–H and O–H groups in total. The number of rotatable bonds is 7. The van der Waals surface area contributed by atoms with Crippen molar-refractivity contribution >= 4 is 11.9 Å². The van der Waals surface area contributed by atoms with Crippen LogP contribution in [0.5, 0.6) is 0 Å². The Morgan fingerprint density at radius 2 is 2.00 bits per heavy atom. The molecule has 0 bridgehead atoms. The molecule has 0 unspecified atom stereocenters. The van der Waals surface area contributed by atoms with Gasteiger partial charge in [0.15, 0.2) is 11.7 Å². The first-order valence-electron chi connectivity index (χ1n) is 9.35. The maximum Gasteiger partial charge on any atom is 0.241 e. The minimum Gasteiger partial charge on any atom is -0.359 e. The topological polar surface area (TPSA) is 82.8 Å². The summed E-state index contributed by atoms with van der Waals surface area (Å²) in [5, 5.41) is 10.4. The van der Waals surface area contributed by atoms with Crippen LogP contribution in [0.2, 0.25) is 0 Å². The van der Waals surface area contributed by atoms with Gasteiger partial charge in [0, 0.05) is 32.1 Å². The SMILES string of the molecule is CCC(CC)c1cc(CNC(=NC)NCC(=O)N2CCCCC2)on1. The summed E-state index contributed by atoms with van der Waals surface area (Å²) in [7, 11) is 1.69. The van der Waals surface area contributed by atoms with Gasteiger partial charge in [-0.15, -0.1) is 0 Å². The highest BCUT2D eigenvalue weighted by molar-refractivity contribution is 5.86. The Balaban J connectivity index is 1.77. The molecule has 1 amide bonds. The lowest BCUT2D eigenvalue weighted by atomic mass is 9.99. The Labute approximate surface area is 150 Å². The van der Waals surface area contributed by atoms with E-state index in [0.717, 1.165) is 50.2 Å². The van der Waals surface area contributed by atoms with Gasteiger partial charge in [-0.1, -0.05) is 19.0 Å². The third-order valence-corrected chi connectivity index (χ3v) is 4.75. The highest BCUT2D eigenvalue weighted by atomic mass is 16.5. The van der Waals surface area contributed by atoms with Crippen molar-refractivity contribution in [2.45, 2.75) is 58.4 Å². The number of guanidine groups is 1. The Morgan fingerprint density at radius 1 is 1.28 bits per heavy atom. The molecule has 25 heavy (non-hydrogen) atoms. The number of carbonyl (C=O) groups is 1. The average Bonchev–Trinajstić information content (AvgIpc) is 3.12. The summed E-state index contributed by atoms with van der Waals surface area (Å²) in [6.07, 6.45) is 5.53. The lowest BCUT2D eigenvalue weighted by molar-refractivity contribution is -0.130. The van der Waals surface area contributed by atoms with Gasteiger partial charge in [0.05, 0.1) is 18.8 Å². The van der Waals surface area contributed by atoms with Crippen molar-refractivity contribution in [1.29, 1.82) is 0 Å². The van der Waals surface area contributed by atoms with E-state index in [9.17, 15) is 4.79 Å². The molecule has 2 heterocycles. The summed E-state index contributed by atoms with van der Waals surface area (Å²) >= 11 is 0. The van der Waals surface area contributed by atoms with E-state index in [-0.39, 0.29) is 12.5 Å². The fourth-order valence-electron chi connectivity index (χ4n) is 3.12. The zero-order valence-corrected chi connectivity index (χ0v) is 15.7. The minimum atomic E-state index is 0.123. The second kappa shape index (κ2) is 10.1. The fraction of sp³-hybridized carbons (Fsp3) is 0.722. The summed E-state index contributed by atoms with van der Waals surface area (Å²) in [5.74, 6) is 1.92. The van der Waals surface area contributed by atoms with E-state index in [1.54, 1.807) is 7.05 Å². The number of nitrogens with zero attached hydrogens (tertiary/aromatic N) is 3. The maximum atomic E-state index is 12.2. The third kappa shape index (κ3) is 5.76. The van der Waals surface area contributed by atoms with Gasteiger partial charge in [-0.2, -0.15) is 0 Å². The number of hydrogen-bond acceptors (Lipinski definition) is 4. The first-order chi connectivity index (χ1) is 12.2. The van der Waals surface area contributed by atoms with Crippen molar-refractivity contribution in [2.75, 3.05) is 26.7 Å². The number of aromatic nitrogens is 1. The Kier molecular flexibility index (Phi) is 7.76. The number of hydrogen-bond donors (Lipinski definition) is 2. The van der Waals surface area contributed by atoms with Gasteiger partial charge in [0.2, 0.25) is 5.91 Å². The Bertz CT molecular complexity index is 560. The molecule has 0 saturated carbocycles. The van der Waals surface area contributed by atoms with Gasteiger partial charge in [-0.3, -0.25) is 9.79 Å². The minimum absolute atomic E-state index is 0.123. The van der Waals surface area contributed by atoms with Crippen LogP contribution in [0.25, 0.3) is 0 Å². The molecule has 1 saturated heterocycles. The fourth-order valence-corrected chi connectivity index (χ4v) is 3.12. The summed E-state index contributed by atoms with van der Waals surface area (Å²) in [4.78, 5) is 18.3. The van der Waals surface area contributed by atoms with Crippen molar-refractivity contribution in [3.8, 4) is 0 Å². The molecule has 1 aliphatic rings. The van der Waals surface area contributed by atoms with Crippen molar-refractivity contribution < 1.29 is 9.32 Å². The highest BCUT2D eigenvalue weighted by Gasteiger charge is 2.17. The van der Waals surface area contributed by atoms with Gasteiger partial charge >= 0.3 is 0 Å². The molecular weight excluding hydrogens is 318 g/mol. The van der Waals surface area contributed by atoms with Crippen LogP contribution in [-0.4, -0.2) is 48.6 Å². The Morgan fingerprint density at radius 3 is 2.64 bits per heavy atom. The number of piperidine rings is 1. The highest BCUT2D eigenvalue weighted by Crippen LogP contribution is 2.22. The molecule has 7 heteroatoms. The second-order valence-electron chi connectivity index (χ2n) is 6.45. The predicted octanol–water partition coefficient (Wildman–Crippen LogP) is 2.26. The number of aliphatic imine (C=N–C) groups is 1. The average molecular weight is 349 g/mol. The molecule has 1 aromatic heterocycles. The molecule has 7 nitrogen and oxygen atoms in total. The number of likely N-dealkylation sites (tertiary alicyclic amines) is 1. The lowest BCUT2D eigenvalue weighted by Crippen LogP contribution is -2.45. The summed E-state index contributed by atoms with van der Waals surface area (Å²) < 4.78 is 5.39. The van der Waals surface area contributed by atoms with E-state index in [4.69, 9.17) is 4.52 Å². The summed E-state index contributed by atoms with van der Waals surface area (Å²) in [5.41, 5.74) is 1.00. The van der Waals surface area contributed by atoms with Crippen LogP contribution in [-0.2, 0) is 11.3 Å². The van der Waals surface area contributed by atoms with E-state index in [1.165, 1.54) is 6.42 Å². The molecule has 0 aliphatic carbocycles. The van der Waals surface area contributed by atoms with Crippen LogP contribution < -0.4 is 10.6 Å². The van der Waals surface area contributed by atoms with Gasteiger partial charge in [-0.25, -0.2) is 0 Å². The number of amides is 1. The standard InChI is InChI=1S/C18H31N5O2/c1-4-14(5-2)16-11-15(25-22-16)12-20-18(19-3)21-13-17(24)23-9-7-6-8-10-23/h11,14H,4-10,12-13H2,1-3H3,(H2,19,20,21). The van der Waals surface area contributed by atoms with Gasteiger partial charge in [0.25, 0.3) is 0 Å². The zero-order chi connectivity index (χ0) is 18.1. The van der Waals surface area contributed by atoms with Crippen molar-refractivity contribution in [1.82, 2.24) is 20.7 Å². The number of carbonyl (C=O) groups excluding carboxylic acids is 1. The molecule has 0 aromatic carbocycles. The zero-order valence-electron chi connectivity index (χ0n) is 15.7. The van der Waals surface area contributed by atoms with Gasteiger partial charge < -0.3 is 20.1 Å².